The molecule has 2 N–H and O–H groups in total. The molecule has 0 spiro atoms. The number of rotatable bonds is 4. The minimum absolute atomic E-state index is 0.0230. The number of halogens is 1. The van der Waals surface area contributed by atoms with E-state index in [0.29, 0.717) is 25.7 Å². The number of anilines is 1. The van der Waals surface area contributed by atoms with Crippen molar-refractivity contribution in [3.63, 3.8) is 0 Å². The van der Waals surface area contributed by atoms with Gasteiger partial charge < -0.3 is 10.4 Å². The lowest BCUT2D eigenvalue weighted by Gasteiger charge is -2.25. The van der Waals surface area contributed by atoms with E-state index in [4.69, 9.17) is 16.7 Å². The first-order valence-corrected chi connectivity index (χ1v) is 8.98. The van der Waals surface area contributed by atoms with Crippen LogP contribution in [-0.4, -0.2) is 36.4 Å². The van der Waals surface area contributed by atoms with Crippen LogP contribution in [0, 0.1) is 0 Å². The van der Waals surface area contributed by atoms with Crippen LogP contribution in [0.15, 0.2) is 18.2 Å². The van der Waals surface area contributed by atoms with Crippen molar-refractivity contribution in [2.75, 3.05) is 11.6 Å². The number of nitrogens with one attached hydrogen (secondary N) is 1. The molecule has 1 fully saturated rings. The molecule has 0 radical (unpaired) electrons. The van der Waals surface area contributed by atoms with Gasteiger partial charge in [0, 0.05) is 11.9 Å². The molecule has 1 aromatic rings. The highest BCUT2D eigenvalue weighted by Crippen LogP contribution is 2.37. The Kier molecular flexibility index (Phi) is 4.49. The molecule has 0 unspecified atom stereocenters. The molecule has 0 atom stereocenters. The fourth-order valence-corrected chi connectivity index (χ4v) is 4.40. The Morgan fingerprint density at radius 2 is 1.86 bits per heavy atom. The first kappa shape index (κ1) is 16.8. The number of carboxylic acid groups (broad SMARTS) is 1. The number of amides is 1. The summed E-state index contributed by atoms with van der Waals surface area (Å²) < 4.78 is 22.7. The Labute approximate surface area is 133 Å². The van der Waals surface area contributed by atoms with Gasteiger partial charge in [0.05, 0.1) is 10.6 Å². The second kappa shape index (κ2) is 5.89. The lowest BCUT2D eigenvalue weighted by atomic mass is 10.1. The van der Waals surface area contributed by atoms with Crippen LogP contribution in [0.2, 0.25) is 5.02 Å². The summed E-state index contributed by atoms with van der Waals surface area (Å²) in [6, 6.07) is 3.95. The molecule has 0 heterocycles. The molecule has 8 heteroatoms. The third kappa shape index (κ3) is 2.96. The number of hydrogen-bond acceptors (Lipinski definition) is 4. The quantitative estimate of drug-likeness (QED) is 0.872. The zero-order valence-corrected chi connectivity index (χ0v) is 13.5. The average molecular weight is 346 g/mol. The van der Waals surface area contributed by atoms with Gasteiger partial charge in [0.25, 0.3) is 0 Å². The second-order valence-electron chi connectivity index (χ2n) is 5.43. The van der Waals surface area contributed by atoms with E-state index in [0.717, 1.165) is 6.26 Å². The van der Waals surface area contributed by atoms with Crippen LogP contribution in [-0.2, 0) is 14.6 Å². The van der Waals surface area contributed by atoms with Gasteiger partial charge in [-0.05, 0) is 31.0 Å². The summed E-state index contributed by atoms with van der Waals surface area (Å²) in [5.41, 5.74) is 0.188. The second-order valence-corrected chi connectivity index (χ2v) is 8.16. The predicted molar refractivity (Wildman–Crippen MR) is 83.1 cm³/mol. The van der Waals surface area contributed by atoms with Gasteiger partial charge in [0.15, 0.2) is 14.6 Å². The van der Waals surface area contributed by atoms with Crippen molar-refractivity contribution < 1.29 is 23.1 Å². The smallest absolute Gasteiger partial charge is 0.337 e. The van der Waals surface area contributed by atoms with Crippen molar-refractivity contribution in [2.24, 2.45) is 0 Å². The van der Waals surface area contributed by atoms with Crippen LogP contribution in [0.1, 0.15) is 36.0 Å². The normalized spacial score (nSPS) is 17.2. The van der Waals surface area contributed by atoms with Gasteiger partial charge >= 0.3 is 5.97 Å². The molecule has 0 saturated heterocycles. The molecule has 1 amide bonds. The Morgan fingerprint density at radius 3 is 2.32 bits per heavy atom. The molecule has 1 aliphatic rings. The van der Waals surface area contributed by atoms with Gasteiger partial charge in [0.2, 0.25) is 5.91 Å². The SMILES string of the molecule is CS(=O)(=O)C1(C(=O)Nc2ccc(C(=O)O)c(Cl)c2)CCCC1. The standard InChI is InChI=1S/C14H16ClNO5S/c1-22(20,21)14(6-2-3-7-14)13(19)16-9-4-5-10(12(17)18)11(15)8-9/h4-5,8H,2-3,6-7H2,1H3,(H,16,19)(H,17,18). The maximum Gasteiger partial charge on any atom is 0.337 e. The summed E-state index contributed by atoms with van der Waals surface area (Å²) in [7, 11) is -3.55. The zero-order chi connectivity index (χ0) is 16.5. The summed E-state index contributed by atoms with van der Waals surface area (Å²) >= 11 is 5.84. The van der Waals surface area contributed by atoms with E-state index in [2.05, 4.69) is 5.32 Å². The maximum atomic E-state index is 12.5. The van der Waals surface area contributed by atoms with E-state index in [1.54, 1.807) is 0 Å². The minimum Gasteiger partial charge on any atom is -0.478 e. The molecule has 1 saturated carbocycles. The minimum atomic E-state index is -3.55. The van der Waals surface area contributed by atoms with Crippen LogP contribution < -0.4 is 5.32 Å². The summed E-state index contributed by atoms with van der Waals surface area (Å²) in [5.74, 6) is -1.77. The van der Waals surface area contributed by atoms with E-state index < -0.39 is 26.5 Å². The van der Waals surface area contributed by atoms with Gasteiger partial charge in [-0.25, -0.2) is 13.2 Å². The Morgan fingerprint density at radius 1 is 1.27 bits per heavy atom. The van der Waals surface area contributed by atoms with E-state index in [1.807, 2.05) is 0 Å². The van der Waals surface area contributed by atoms with Gasteiger partial charge in [-0.1, -0.05) is 24.4 Å². The topological polar surface area (TPSA) is 101 Å². The van der Waals surface area contributed by atoms with Crippen molar-refractivity contribution in [1.82, 2.24) is 0 Å². The van der Waals surface area contributed by atoms with Gasteiger partial charge in [-0.2, -0.15) is 0 Å². The summed E-state index contributed by atoms with van der Waals surface area (Å²) in [5, 5.41) is 11.4. The highest BCUT2D eigenvalue weighted by Gasteiger charge is 2.49. The third-order valence-corrected chi connectivity index (χ3v) is 6.32. The Hall–Kier alpha value is -1.60. The summed E-state index contributed by atoms with van der Waals surface area (Å²) in [6.07, 6.45) is 3.01. The molecule has 6 nitrogen and oxygen atoms in total. The first-order chi connectivity index (χ1) is 10.2. The van der Waals surface area contributed by atoms with E-state index >= 15 is 0 Å². The van der Waals surface area contributed by atoms with Crippen molar-refractivity contribution in [3.8, 4) is 0 Å². The molecule has 0 aromatic heterocycles. The molecular weight excluding hydrogens is 330 g/mol. The highest BCUT2D eigenvalue weighted by molar-refractivity contribution is 7.92. The summed E-state index contributed by atoms with van der Waals surface area (Å²) in [6.45, 7) is 0. The molecule has 0 bridgehead atoms. The van der Waals surface area contributed by atoms with Crippen LogP contribution in [0.25, 0.3) is 0 Å². The van der Waals surface area contributed by atoms with Crippen molar-refractivity contribution in [1.29, 1.82) is 0 Å². The highest BCUT2D eigenvalue weighted by atomic mass is 35.5. The summed E-state index contributed by atoms with van der Waals surface area (Å²) in [4.78, 5) is 23.4. The number of carboxylic acids is 1. The lowest BCUT2D eigenvalue weighted by Crippen LogP contribution is -2.47. The van der Waals surface area contributed by atoms with Crippen LogP contribution >= 0.6 is 11.6 Å². The van der Waals surface area contributed by atoms with E-state index in [-0.39, 0.29) is 16.3 Å². The van der Waals surface area contributed by atoms with Crippen molar-refractivity contribution >= 4 is 39.0 Å². The van der Waals surface area contributed by atoms with Gasteiger partial charge in [0.1, 0.15) is 0 Å². The molecule has 0 aliphatic heterocycles. The number of carbonyl (C=O) groups is 2. The van der Waals surface area contributed by atoms with Crippen molar-refractivity contribution in [3.05, 3.63) is 28.8 Å². The average Bonchev–Trinajstić information content (AvgIpc) is 2.88. The molecule has 1 aromatic carbocycles. The number of carbonyl (C=O) groups excluding carboxylic acids is 1. The van der Waals surface area contributed by atoms with Crippen LogP contribution in [0.5, 0.6) is 0 Å². The monoisotopic (exact) mass is 345 g/mol. The number of sulfone groups is 1. The number of benzene rings is 1. The van der Waals surface area contributed by atoms with Crippen molar-refractivity contribution in [2.45, 2.75) is 30.4 Å². The third-order valence-electron chi connectivity index (χ3n) is 3.99. The Bertz CT molecular complexity index is 723. The largest absolute Gasteiger partial charge is 0.478 e. The molecule has 2 rings (SSSR count). The number of hydrogen-bond donors (Lipinski definition) is 2. The zero-order valence-electron chi connectivity index (χ0n) is 11.9. The van der Waals surface area contributed by atoms with Gasteiger partial charge in [-0.3, -0.25) is 4.79 Å². The molecule has 22 heavy (non-hydrogen) atoms. The molecule has 1 aliphatic carbocycles. The Balaban J connectivity index is 2.28. The van der Waals surface area contributed by atoms with E-state index in [1.165, 1.54) is 18.2 Å². The lowest BCUT2D eigenvalue weighted by molar-refractivity contribution is -0.118. The van der Waals surface area contributed by atoms with Crippen LogP contribution in [0.4, 0.5) is 5.69 Å². The molecular formula is C14H16ClNO5S. The van der Waals surface area contributed by atoms with E-state index in [9.17, 15) is 18.0 Å². The molecule has 120 valence electrons. The fourth-order valence-electron chi connectivity index (χ4n) is 2.72. The maximum absolute atomic E-state index is 12.5. The predicted octanol–water partition coefficient (Wildman–Crippen LogP) is 2.33. The fraction of sp³-hybridized carbons (Fsp3) is 0.429. The van der Waals surface area contributed by atoms with Gasteiger partial charge in [-0.15, -0.1) is 0 Å². The number of aromatic carboxylic acids is 1. The van der Waals surface area contributed by atoms with Crippen LogP contribution in [0.3, 0.4) is 0 Å². The first-order valence-electron chi connectivity index (χ1n) is 6.71.